The van der Waals surface area contributed by atoms with Gasteiger partial charge in [-0.3, -0.25) is 0 Å². The van der Waals surface area contributed by atoms with Crippen molar-refractivity contribution in [2.45, 2.75) is 51.7 Å². The van der Waals surface area contributed by atoms with Crippen LogP contribution >= 0.6 is 0 Å². The maximum Gasteiger partial charge on any atom is 0.123 e. The molecule has 68 valence electrons. The number of nitrogens with one attached hydrogen (secondary N) is 1. The van der Waals surface area contributed by atoms with E-state index < -0.39 is 5.67 Å². The lowest BCUT2D eigenvalue weighted by molar-refractivity contribution is 0.119. The smallest absolute Gasteiger partial charge is 0.123 e. The molecule has 0 aromatic heterocycles. The minimum absolute atomic E-state index is 0.0116. The van der Waals surface area contributed by atoms with Crippen LogP contribution in [0.3, 0.4) is 0 Å². The van der Waals surface area contributed by atoms with Crippen LogP contribution < -0.4 is 5.32 Å². The van der Waals surface area contributed by atoms with Crippen LogP contribution in [-0.2, 0) is 0 Å². The highest BCUT2D eigenvalue weighted by atomic mass is 19.1. The minimum Gasteiger partial charge on any atom is -0.314 e. The van der Waals surface area contributed by atoms with Crippen molar-refractivity contribution < 1.29 is 4.39 Å². The molecule has 0 aromatic rings. The lowest BCUT2D eigenvalue weighted by Crippen LogP contribution is -2.43. The molecule has 2 heteroatoms. The number of alkyl halides is 1. The molecule has 0 aromatic carbocycles. The zero-order chi connectivity index (χ0) is 8.91. The Bertz CT molecular complexity index is 102. The lowest BCUT2D eigenvalue weighted by atomic mass is 9.92. The van der Waals surface area contributed by atoms with Gasteiger partial charge in [-0.15, -0.1) is 0 Å². The van der Waals surface area contributed by atoms with Crippen LogP contribution in [0.25, 0.3) is 0 Å². The van der Waals surface area contributed by atoms with Crippen LogP contribution in [0, 0.1) is 0 Å². The van der Waals surface area contributed by atoms with E-state index in [0.717, 1.165) is 12.8 Å². The molecule has 1 N–H and O–H groups in total. The van der Waals surface area contributed by atoms with Crippen molar-refractivity contribution in [2.75, 3.05) is 7.05 Å². The van der Waals surface area contributed by atoms with Gasteiger partial charge in [0.1, 0.15) is 5.67 Å². The fourth-order valence-corrected chi connectivity index (χ4v) is 1.28. The number of hydrogen-bond donors (Lipinski definition) is 1. The first kappa shape index (κ1) is 10.9. The number of rotatable bonds is 5. The van der Waals surface area contributed by atoms with Gasteiger partial charge >= 0.3 is 0 Å². The van der Waals surface area contributed by atoms with Gasteiger partial charge in [-0.2, -0.15) is 0 Å². The standard InChI is InChI=1S/C9H20FN/c1-5-7-8(11-4)9(3,10)6-2/h8,11H,5-7H2,1-4H3. The monoisotopic (exact) mass is 161 g/mol. The summed E-state index contributed by atoms with van der Waals surface area (Å²) in [5, 5.41) is 3.02. The first-order chi connectivity index (χ1) is 5.08. The second-order valence-corrected chi connectivity index (χ2v) is 3.26. The van der Waals surface area contributed by atoms with E-state index in [4.69, 9.17) is 0 Å². The fraction of sp³-hybridized carbons (Fsp3) is 1.00. The third-order valence-electron chi connectivity index (χ3n) is 2.34. The van der Waals surface area contributed by atoms with E-state index in [-0.39, 0.29) is 6.04 Å². The Labute approximate surface area is 69.4 Å². The molecule has 2 atom stereocenters. The first-order valence-corrected chi connectivity index (χ1v) is 4.44. The van der Waals surface area contributed by atoms with Crippen LogP contribution in [0.2, 0.25) is 0 Å². The molecule has 0 rings (SSSR count). The molecule has 0 heterocycles. The van der Waals surface area contributed by atoms with Crippen molar-refractivity contribution in [1.29, 1.82) is 0 Å². The van der Waals surface area contributed by atoms with E-state index in [1.54, 1.807) is 6.92 Å². The Kier molecular flexibility index (Phi) is 4.66. The molecule has 0 aliphatic carbocycles. The zero-order valence-corrected chi connectivity index (χ0v) is 8.08. The SMILES string of the molecule is CCCC(NC)C(C)(F)CC. The average Bonchev–Trinajstić information content (AvgIpc) is 2.00. The van der Waals surface area contributed by atoms with E-state index in [2.05, 4.69) is 12.2 Å². The zero-order valence-electron chi connectivity index (χ0n) is 8.08. The quantitative estimate of drug-likeness (QED) is 0.653. The second-order valence-electron chi connectivity index (χ2n) is 3.26. The third-order valence-corrected chi connectivity index (χ3v) is 2.34. The predicted octanol–water partition coefficient (Wildman–Crippen LogP) is 2.51. The molecule has 0 aliphatic heterocycles. The van der Waals surface area contributed by atoms with Gasteiger partial charge in [0, 0.05) is 6.04 Å². The van der Waals surface area contributed by atoms with Crippen LogP contribution in [0.1, 0.15) is 40.0 Å². The number of halogens is 1. The molecule has 0 bridgehead atoms. The largest absolute Gasteiger partial charge is 0.314 e. The van der Waals surface area contributed by atoms with E-state index in [0.29, 0.717) is 6.42 Å². The molecule has 0 spiro atoms. The highest BCUT2D eigenvalue weighted by molar-refractivity contribution is 4.85. The summed E-state index contributed by atoms with van der Waals surface area (Å²) in [6.45, 7) is 5.64. The average molecular weight is 161 g/mol. The van der Waals surface area contributed by atoms with Crippen molar-refractivity contribution in [3.63, 3.8) is 0 Å². The van der Waals surface area contributed by atoms with Crippen molar-refractivity contribution in [3.8, 4) is 0 Å². The second kappa shape index (κ2) is 4.70. The van der Waals surface area contributed by atoms with Crippen molar-refractivity contribution in [3.05, 3.63) is 0 Å². The van der Waals surface area contributed by atoms with Gasteiger partial charge in [0.2, 0.25) is 0 Å². The summed E-state index contributed by atoms with van der Waals surface area (Å²) >= 11 is 0. The Hall–Kier alpha value is -0.110. The first-order valence-electron chi connectivity index (χ1n) is 4.44. The molecule has 0 radical (unpaired) electrons. The summed E-state index contributed by atoms with van der Waals surface area (Å²) in [7, 11) is 1.83. The van der Waals surface area contributed by atoms with Crippen LogP contribution in [0.15, 0.2) is 0 Å². The number of hydrogen-bond acceptors (Lipinski definition) is 1. The minimum atomic E-state index is -1.05. The predicted molar refractivity (Wildman–Crippen MR) is 47.6 cm³/mol. The van der Waals surface area contributed by atoms with Crippen molar-refractivity contribution in [1.82, 2.24) is 5.32 Å². The summed E-state index contributed by atoms with van der Waals surface area (Å²) in [4.78, 5) is 0. The van der Waals surface area contributed by atoms with E-state index in [9.17, 15) is 4.39 Å². The van der Waals surface area contributed by atoms with Gasteiger partial charge in [-0.25, -0.2) is 4.39 Å². The Balaban J connectivity index is 3.99. The van der Waals surface area contributed by atoms with Crippen LogP contribution in [0.4, 0.5) is 4.39 Å². The summed E-state index contributed by atoms with van der Waals surface area (Å²) in [5.41, 5.74) is -1.05. The van der Waals surface area contributed by atoms with Gasteiger partial charge < -0.3 is 5.32 Å². The van der Waals surface area contributed by atoms with Crippen molar-refractivity contribution >= 4 is 0 Å². The molecule has 0 fully saturated rings. The summed E-state index contributed by atoms with van der Waals surface area (Å²) in [6, 6.07) is 0.0116. The summed E-state index contributed by atoms with van der Waals surface area (Å²) in [6.07, 6.45) is 2.53. The van der Waals surface area contributed by atoms with Gasteiger partial charge in [0.15, 0.2) is 0 Å². The molecular weight excluding hydrogens is 141 g/mol. The summed E-state index contributed by atoms with van der Waals surface area (Å²) < 4.78 is 13.6. The van der Waals surface area contributed by atoms with Crippen molar-refractivity contribution in [2.24, 2.45) is 0 Å². The van der Waals surface area contributed by atoms with E-state index in [1.165, 1.54) is 0 Å². The van der Waals surface area contributed by atoms with Crippen LogP contribution in [0.5, 0.6) is 0 Å². The highest BCUT2D eigenvalue weighted by Crippen LogP contribution is 2.22. The van der Waals surface area contributed by atoms with Gasteiger partial charge in [-0.1, -0.05) is 20.3 Å². The maximum absolute atomic E-state index is 13.6. The topological polar surface area (TPSA) is 12.0 Å². The fourth-order valence-electron chi connectivity index (χ4n) is 1.28. The third kappa shape index (κ3) is 3.19. The molecule has 0 aliphatic rings. The van der Waals surface area contributed by atoms with E-state index in [1.807, 2.05) is 14.0 Å². The Morgan fingerprint density at radius 3 is 2.27 bits per heavy atom. The molecule has 0 saturated carbocycles. The van der Waals surface area contributed by atoms with Crippen LogP contribution in [-0.4, -0.2) is 18.8 Å². The Morgan fingerprint density at radius 1 is 1.45 bits per heavy atom. The molecule has 11 heavy (non-hydrogen) atoms. The summed E-state index contributed by atoms with van der Waals surface area (Å²) in [5.74, 6) is 0. The van der Waals surface area contributed by atoms with E-state index >= 15 is 0 Å². The maximum atomic E-state index is 13.6. The Morgan fingerprint density at radius 2 is 2.00 bits per heavy atom. The molecule has 0 amide bonds. The normalized spacial score (nSPS) is 19.4. The van der Waals surface area contributed by atoms with Gasteiger partial charge in [0.25, 0.3) is 0 Å². The van der Waals surface area contributed by atoms with Gasteiger partial charge in [-0.05, 0) is 26.8 Å². The van der Waals surface area contributed by atoms with Gasteiger partial charge in [0.05, 0.1) is 0 Å². The molecular formula is C9H20FN. The lowest BCUT2D eigenvalue weighted by Gasteiger charge is -2.28. The molecule has 1 nitrogen and oxygen atoms in total. The highest BCUT2D eigenvalue weighted by Gasteiger charge is 2.29. The molecule has 2 unspecified atom stereocenters. The molecule has 0 saturated heterocycles.